The first-order valence-corrected chi connectivity index (χ1v) is 5.59. The van der Waals surface area contributed by atoms with Crippen LogP contribution >= 0.6 is 0 Å². The van der Waals surface area contributed by atoms with Gasteiger partial charge in [0.25, 0.3) is 0 Å². The van der Waals surface area contributed by atoms with Crippen molar-refractivity contribution >= 4 is 16.9 Å². The summed E-state index contributed by atoms with van der Waals surface area (Å²) in [6, 6.07) is 6.21. The van der Waals surface area contributed by atoms with Crippen molar-refractivity contribution in [3.8, 4) is 0 Å². The molecule has 0 radical (unpaired) electrons. The number of nitrogens with zero attached hydrogens (tertiary/aromatic N) is 1. The van der Waals surface area contributed by atoms with E-state index in [1.54, 1.807) is 30.0 Å². The molecule has 2 aromatic rings. The predicted octanol–water partition coefficient (Wildman–Crippen LogP) is 1.97. The number of hydrogen-bond donors (Lipinski definition) is 0. The number of ether oxygens (including phenoxy) is 2. The SMILES string of the molecule is COCCOC(=O)Cn1ccc2cc(F)ccc21. The summed E-state index contributed by atoms with van der Waals surface area (Å²) in [7, 11) is 1.54. The Labute approximate surface area is 104 Å². The Balaban J connectivity index is 2.05. The lowest BCUT2D eigenvalue weighted by Gasteiger charge is -2.06. The van der Waals surface area contributed by atoms with Crippen LogP contribution in [0.1, 0.15) is 0 Å². The summed E-state index contributed by atoms with van der Waals surface area (Å²) in [5, 5.41) is 0.764. The molecule has 0 aliphatic rings. The summed E-state index contributed by atoms with van der Waals surface area (Å²) in [6.45, 7) is 0.728. The van der Waals surface area contributed by atoms with Gasteiger partial charge in [-0.15, -0.1) is 0 Å². The van der Waals surface area contributed by atoms with Crippen LogP contribution in [0.25, 0.3) is 10.9 Å². The lowest BCUT2D eigenvalue weighted by Crippen LogP contribution is -2.15. The van der Waals surface area contributed by atoms with Gasteiger partial charge >= 0.3 is 5.97 Å². The van der Waals surface area contributed by atoms with Crippen molar-refractivity contribution in [2.75, 3.05) is 20.3 Å². The number of methoxy groups -OCH3 is 1. The number of benzene rings is 1. The van der Waals surface area contributed by atoms with E-state index >= 15 is 0 Å². The molecule has 0 aliphatic heterocycles. The minimum Gasteiger partial charge on any atom is -0.462 e. The normalized spacial score (nSPS) is 10.8. The van der Waals surface area contributed by atoms with E-state index in [-0.39, 0.29) is 24.9 Å². The summed E-state index contributed by atoms with van der Waals surface area (Å²) in [5.41, 5.74) is 0.806. The molecule has 0 atom stereocenters. The average molecular weight is 251 g/mol. The standard InChI is InChI=1S/C13H14FNO3/c1-17-6-7-18-13(16)9-15-5-4-10-8-11(14)2-3-12(10)15/h2-5,8H,6-7,9H2,1H3. The number of carbonyl (C=O) groups excluding carboxylic acids is 1. The molecule has 1 aromatic heterocycles. The van der Waals surface area contributed by atoms with Crippen LogP contribution in [0.5, 0.6) is 0 Å². The Kier molecular flexibility index (Phi) is 3.94. The predicted molar refractivity (Wildman–Crippen MR) is 64.7 cm³/mol. The molecular formula is C13H14FNO3. The van der Waals surface area contributed by atoms with Gasteiger partial charge in [0.2, 0.25) is 0 Å². The molecule has 0 amide bonds. The summed E-state index contributed by atoms with van der Waals surface area (Å²) in [6.07, 6.45) is 1.74. The first-order valence-electron chi connectivity index (χ1n) is 5.59. The zero-order valence-corrected chi connectivity index (χ0v) is 10.1. The molecule has 0 spiro atoms. The second-order valence-corrected chi connectivity index (χ2v) is 3.86. The van der Waals surface area contributed by atoms with Gasteiger partial charge in [-0.05, 0) is 24.3 Å². The highest BCUT2D eigenvalue weighted by atomic mass is 19.1. The molecule has 2 rings (SSSR count). The average Bonchev–Trinajstić information content (AvgIpc) is 2.72. The molecule has 96 valence electrons. The number of fused-ring (bicyclic) bond motifs is 1. The van der Waals surface area contributed by atoms with Crippen LogP contribution in [0.4, 0.5) is 4.39 Å². The van der Waals surface area contributed by atoms with E-state index in [0.29, 0.717) is 6.61 Å². The van der Waals surface area contributed by atoms with Crippen LogP contribution in [0.15, 0.2) is 30.5 Å². The Morgan fingerprint density at radius 2 is 2.17 bits per heavy atom. The van der Waals surface area contributed by atoms with E-state index in [1.807, 2.05) is 0 Å². The van der Waals surface area contributed by atoms with Gasteiger partial charge in [0.05, 0.1) is 6.61 Å². The molecule has 0 bridgehead atoms. The van der Waals surface area contributed by atoms with Crippen molar-refractivity contribution in [1.29, 1.82) is 0 Å². The van der Waals surface area contributed by atoms with Gasteiger partial charge < -0.3 is 14.0 Å². The molecule has 18 heavy (non-hydrogen) atoms. The fourth-order valence-corrected chi connectivity index (χ4v) is 1.73. The van der Waals surface area contributed by atoms with Crippen molar-refractivity contribution < 1.29 is 18.7 Å². The maximum atomic E-state index is 13.0. The lowest BCUT2D eigenvalue weighted by molar-refractivity contribution is -0.145. The molecule has 1 heterocycles. The van der Waals surface area contributed by atoms with Crippen LogP contribution in [0.3, 0.4) is 0 Å². The molecule has 4 nitrogen and oxygen atoms in total. The largest absolute Gasteiger partial charge is 0.462 e. The van der Waals surface area contributed by atoms with Crippen LogP contribution in [0.2, 0.25) is 0 Å². The van der Waals surface area contributed by atoms with Gasteiger partial charge in [0.15, 0.2) is 0 Å². The zero-order chi connectivity index (χ0) is 13.0. The van der Waals surface area contributed by atoms with Gasteiger partial charge in [-0.3, -0.25) is 4.79 Å². The summed E-state index contributed by atoms with van der Waals surface area (Å²) < 4.78 is 24.5. The highest BCUT2D eigenvalue weighted by molar-refractivity contribution is 5.82. The van der Waals surface area contributed by atoms with Crippen molar-refractivity contribution in [3.05, 3.63) is 36.3 Å². The highest BCUT2D eigenvalue weighted by Gasteiger charge is 2.07. The van der Waals surface area contributed by atoms with E-state index < -0.39 is 0 Å². The minimum atomic E-state index is -0.339. The van der Waals surface area contributed by atoms with E-state index in [0.717, 1.165) is 10.9 Å². The maximum absolute atomic E-state index is 13.0. The first-order chi connectivity index (χ1) is 8.70. The summed E-state index contributed by atoms with van der Waals surface area (Å²) >= 11 is 0. The first kappa shape index (κ1) is 12.6. The number of rotatable bonds is 5. The zero-order valence-electron chi connectivity index (χ0n) is 10.1. The Bertz CT molecular complexity index is 550. The number of hydrogen-bond acceptors (Lipinski definition) is 3. The third-order valence-corrected chi connectivity index (χ3v) is 2.58. The molecule has 0 saturated heterocycles. The van der Waals surface area contributed by atoms with Crippen LogP contribution < -0.4 is 0 Å². The van der Waals surface area contributed by atoms with Gasteiger partial charge in [0.1, 0.15) is 19.0 Å². The van der Waals surface area contributed by atoms with Gasteiger partial charge in [-0.2, -0.15) is 0 Å². The molecule has 5 heteroatoms. The van der Waals surface area contributed by atoms with E-state index in [4.69, 9.17) is 9.47 Å². The second kappa shape index (κ2) is 5.64. The Hall–Kier alpha value is -1.88. The van der Waals surface area contributed by atoms with E-state index in [9.17, 15) is 9.18 Å². The van der Waals surface area contributed by atoms with Gasteiger partial charge in [-0.1, -0.05) is 0 Å². The molecule has 0 aliphatic carbocycles. The molecule has 1 aromatic carbocycles. The minimum absolute atomic E-state index is 0.110. The third-order valence-electron chi connectivity index (χ3n) is 2.58. The Morgan fingerprint density at radius 1 is 1.33 bits per heavy atom. The van der Waals surface area contributed by atoms with Crippen LogP contribution in [-0.4, -0.2) is 30.9 Å². The fraction of sp³-hybridized carbons (Fsp3) is 0.308. The summed E-state index contributed by atoms with van der Waals surface area (Å²) in [4.78, 5) is 11.5. The van der Waals surface area contributed by atoms with Crippen molar-refractivity contribution in [1.82, 2.24) is 4.57 Å². The smallest absolute Gasteiger partial charge is 0.326 e. The highest BCUT2D eigenvalue weighted by Crippen LogP contribution is 2.16. The third kappa shape index (κ3) is 2.87. The van der Waals surface area contributed by atoms with Crippen molar-refractivity contribution in [2.24, 2.45) is 0 Å². The molecule has 0 unspecified atom stereocenters. The lowest BCUT2D eigenvalue weighted by atomic mass is 10.2. The fourth-order valence-electron chi connectivity index (χ4n) is 1.73. The second-order valence-electron chi connectivity index (χ2n) is 3.86. The topological polar surface area (TPSA) is 40.5 Å². The number of esters is 1. The monoisotopic (exact) mass is 251 g/mol. The maximum Gasteiger partial charge on any atom is 0.326 e. The number of halogens is 1. The molecule has 0 saturated carbocycles. The summed E-state index contributed by atoms with van der Waals surface area (Å²) in [5.74, 6) is -0.628. The van der Waals surface area contributed by atoms with E-state index in [2.05, 4.69) is 0 Å². The molecule has 0 fully saturated rings. The number of aromatic nitrogens is 1. The van der Waals surface area contributed by atoms with Crippen molar-refractivity contribution in [2.45, 2.75) is 6.54 Å². The van der Waals surface area contributed by atoms with Crippen molar-refractivity contribution in [3.63, 3.8) is 0 Å². The van der Waals surface area contributed by atoms with Gasteiger partial charge in [0, 0.05) is 24.2 Å². The molecule has 0 N–H and O–H groups in total. The van der Waals surface area contributed by atoms with Crippen LogP contribution in [-0.2, 0) is 20.8 Å². The van der Waals surface area contributed by atoms with Gasteiger partial charge in [-0.25, -0.2) is 4.39 Å². The van der Waals surface area contributed by atoms with E-state index in [1.165, 1.54) is 12.1 Å². The number of carbonyl (C=O) groups is 1. The quantitative estimate of drug-likeness (QED) is 0.602. The Morgan fingerprint density at radius 3 is 2.94 bits per heavy atom. The molecular weight excluding hydrogens is 237 g/mol. The van der Waals surface area contributed by atoms with Crippen LogP contribution in [0, 0.1) is 5.82 Å².